The molecule has 0 aromatic carbocycles. The van der Waals surface area contributed by atoms with Crippen LogP contribution in [-0.4, -0.2) is 71.9 Å². The van der Waals surface area contributed by atoms with Crippen molar-refractivity contribution in [3.63, 3.8) is 0 Å². The minimum atomic E-state index is -1.51. The first-order chi connectivity index (χ1) is 16.0. The minimum absolute atomic E-state index is 0.219. The molecule has 34 heavy (non-hydrogen) atoms. The minimum Gasteiger partial charge on any atom is -0.432 e. The Balaban J connectivity index is 2.36. The first-order valence-corrected chi connectivity index (χ1v) is 13.0. The van der Waals surface area contributed by atoms with Gasteiger partial charge in [0.15, 0.2) is 0 Å². The highest BCUT2D eigenvalue weighted by molar-refractivity contribution is 5.61. The zero-order chi connectivity index (χ0) is 25.2. The van der Waals surface area contributed by atoms with Crippen molar-refractivity contribution in [3.8, 4) is 0 Å². The Bertz CT molecular complexity index is 624. The third-order valence-corrected chi connectivity index (χ3v) is 6.43. The Labute approximate surface area is 205 Å². The smallest absolute Gasteiger partial charge is 0.432 e. The van der Waals surface area contributed by atoms with Crippen LogP contribution in [0.3, 0.4) is 0 Å². The predicted octanol–water partition coefficient (Wildman–Crippen LogP) is 5.62. The average Bonchev–Trinajstić information content (AvgIpc) is 3.48. The Hall–Kier alpha value is -1.58. The van der Waals surface area contributed by atoms with Crippen LogP contribution in [0.2, 0.25) is 0 Å². The van der Waals surface area contributed by atoms with E-state index >= 15 is 0 Å². The second-order valence-corrected chi connectivity index (χ2v) is 10.6. The van der Waals surface area contributed by atoms with Crippen LogP contribution >= 0.6 is 0 Å². The van der Waals surface area contributed by atoms with Gasteiger partial charge in [-0.1, -0.05) is 20.3 Å². The van der Waals surface area contributed by atoms with Crippen LogP contribution in [0.4, 0.5) is 9.59 Å². The summed E-state index contributed by atoms with van der Waals surface area (Å²) in [5.41, 5.74) is -1.17. The molecule has 0 N–H and O–H groups in total. The maximum atomic E-state index is 12.9. The second-order valence-electron chi connectivity index (χ2n) is 10.6. The van der Waals surface area contributed by atoms with Gasteiger partial charge >= 0.3 is 12.3 Å². The van der Waals surface area contributed by atoms with Gasteiger partial charge in [-0.2, -0.15) is 0 Å². The van der Waals surface area contributed by atoms with E-state index in [0.29, 0.717) is 25.7 Å². The van der Waals surface area contributed by atoms with E-state index in [1.807, 2.05) is 6.92 Å². The van der Waals surface area contributed by atoms with Crippen molar-refractivity contribution >= 4 is 12.3 Å². The quantitative estimate of drug-likeness (QED) is 0.151. The summed E-state index contributed by atoms with van der Waals surface area (Å²) in [5.74, 6) is -1.51. The summed E-state index contributed by atoms with van der Waals surface area (Å²) in [6.45, 7) is 15.5. The molecule has 2 aliphatic heterocycles. The highest BCUT2D eigenvalue weighted by atomic mass is 17.3. The number of carbonyl (C=O) groups is 2. The summed E-state index contributed by atoms with van der Waals surface area (Å²) in [6.07, 6.45) is 5.61. The largest absolute Gasteiger partial charge is 0.540 e. The van der Waals surface area contributed by atoms with E-state index in [2.05, 4.69) is 23.6 Å². The summed E-state index contributed by atoms with van der Waals surface area (Å²) in [4.78, 5) is 40.7. The van der Waals surface area contributed by atoms with Crippen molar-refractivity contribution in [3.05, 3.63) is 0 Å². The molecule has 2 rings (SSSR count). The first kappa shape index (κ1) is 28.7. The second kappa shape index (κ2) is 12.9. The van der Waals surface area contributed by atoms with Gasteiger partial charge in [-0.25, -0.2) is 9.59 Å². The van der Waals surface area contributed by atoms with E-state index < -0.39 is 29.4 Å². The number of unbranched alkanes of at least 4 members (excludes halogenated alkanes) is 1. The van der Waals surface area contributed by atoms with Crippen molar-refractivity contribution in [1.29, 1.82) is 0 Å². The standard InChI is InChI=1S/C25H46N2O7/c1-7-9-14-25(32-22(29)31-23(3,4)5,34-33-21(28)30-19-8-2)20-24(6,26-15-10-11-16-26)27-17-12-13-18-27/h7-20H2,1-6H3. The molecule has 0 saturated carbocycles. The molecule has 9 heteroatoms. The fourth-order valence-electron chi connectivity index (χ4n) is 4.78. The lowest BCUT2D eigenvalue weighted by atomic mass is 9.93. The molecule has 1 atom stereocenters. The summed E-state index contributed by atoms with van der Waals surface area (Å²) >= 11 is 0. The van der Waals surface area contributed by atoms with E-state index in [1.54, 1.807) is 20.8 Å². The molecule has 0 bridgehead atoms. The van der Waals surface area contributed by atoms with Crippen LogP contribution in [0.5, 0.6) is 0 Å². The molecule has 0 aromatic heterocycles. The SMILES string of the molecule is CCCCC(CC(C)(N1CCCC1)N1CCCC1)(OOC(=O)OCCC)OC(=O)OC(C)(C)C. The molecule has 0 amide bonds. The van der Waals surface area contributed by atoms with Crippen molar-refractivity contribution in [2.24, 2.45) is 0 Å². The third-order valence-electron chi connectivity index (χ3n) is 6.43. The van der Waals surface area contributed by atoms with E-state index in [9.17, 15) is 9.59 Å². The zero-order valence-electron chi connectivity index (χ0n) is 22.2. The van der Waals surface area contributed by atoms with Crippen LogP contribution in [0.1, 0.15) is 99.3 Å². The Kier molecular flexibility index (Phi) is 10.9. The molecule has 0 radical (unpaired) electrons. The Morgan fingerprint density at radius 1 is 0.794 bits per heavy atom. The molecule has 0 aliphatic carbocycles. The van der Waals surface area contributed by atoms with Gasteiger partial charge in [0.2, 0.25) is 0 Å². The Morgan fingerprint density at radius 2 is 1.35 bits per heavy atom. The average molecular weight is 487 g/mol. The van der Waals surface area contributed by atoms with E-state index in [1.165, 1.54) is 0 Å². The van der Waals surface area contributed by atoms with Gasteiger partial charge in [0.25, 0.3) is 5.79 Å². The highest BCUT2D eigenvalue weighted by Gasteiger charge is 2.51. The molecule has 2 fully saturated rings. The normalized spacial score (nSPS) is 19.6. The molecule has 2 saturated heterocycles. The van der Waals surface area contributed by atoms with Gasteiger partial charge in [-0.05, 0) is 92.4 Å². The lowest BCUT2D eigenvalue weighted by molar-refractivity contribution is -0.403. The van der Waals surface area contributed by atoms with Crippen LogP contribution in [0.15, 0.2) is 0 Å². The van der Waals surface area contributed by atoms with Crippen molar-refractivity contribution in [1.82, 2.24) is 9.80 Å². The maximum absolute atomic E-state index is 12.9. The van der Waals surface area contributed by atoms with Gasteiger partial charge in [0.1, 0.15) is 5.60 Å². The third kappa shape index (κ3) is 8.57. The number of ether oxygens (including phenoxy) is 3. The summed E-state index contributed by atoms with van der Waals surface area (Å²) in [7, 11) is 0. The van der Waals surface area contributed by atoms with E-state index in [-0.39, 0.29) is 6.61 Å². The molecule has 198 valence electrons. The van der Waals surface area contributed by atoms with Crippen LogP contribution in [-0.2, 0) is 24.0 Å². The van der Waals surface area contributed by atoms with Crippen molar-refractivity contribution < 1.29 is 33.6 Å². The summed E-state index contributed by atoms with van der Waals surface area (Å²) in [5, 5.41) is 0. The summed E-state index contributed by atoms with van der Waals surface area (Å²) in [6, 6.07) is 0. The molecule has 9 nitrogen and oxygen atoms in total. The van der Waals surface area contributed by atoms with Crippen LogP contribution in [0.25, 0.3) is 0 Å². The van der Waals surface area contributed by atoms with Gasteiger partial charge in [0, 0.05) is 12.8 Å². The van der Waals surface area contributed by atoms with E-state index in [0.717, 1.165) is 58.3 Å². The van der Waals surface area contributed by atoms with Crippen LogP contribution in [0, 0.1) is 0 Å². The van der Waals surface area contributed by atoms with E-state index in [4.69, 9.17) is 24.0 Å². The maximum Gasteiger partial charge on any atom is 0.540 e. The number of carbonyl (C=O) groups excluding carboxylic acids is 2. The van der Waals surface area contributed by atoms with Gasteiger partial charge in [-0.3, -0.25) is 14.7 Å². The molecule has 2 aliphatic rings. The molecule has 0 spiro atoms. The number of hydrogen-bond acceptors (Lipinski definition) is 9. The number of rotatable bonds is 12. The number of hydrogen-bond donors (Lipinski definition) is 0. The van der Waals surface area contributed by atoms with Gasteiger partial charge in [-0.15, -0.1) is 4.89 Å². The molecular weight excluding hydrogens is 440 g/mol. The topological polar surface area (TPSA) is 86.8 Å². The number of nitrogens with zero attached hydrogens (tertiary/aromatic N) is 2. The lowest BCUT2D eigenvalue weighted by Crippen LogP contribution is -2.61. The van der Waals surface area contributed by atoms with Crippen LogP contribution < -0.4 is 0 Å². The fourth-order valence-corrected chi connectivity index (χ4v) is 4.78. The highest BCUT2D eigenvalue weighted by Crippen LogP contribution is 2.40. The molecular formula is C25H46N2O7. The number of likely N-dealkylation sites (tertiary alicyclic amines) is 2. The lowest BCUT2D eigenvalue weighted by Gasteiger charge is -2.49. The van der Waals surface area contributed by atoms with Crippen molar-refractivity contribution in [2.75, 3.05) is 32.8 Å². The zero-order valence-corrected chi connectivity index (χ0v) is 22.2. The van der Waals surface area contributed by atoms with Crippen molar-refractivity contribution in [2.45, 2.75) is 116 Å². The summed E-state index contributed by atoms with van der Waals surface area (Å²) < 4.78 is 16.4. The van der Waals surface area contributed by atoms with Gasteiger partial charge in [0.05, 0.1) is 12.3 Å². The van der Waals surface area contributed by atoms with Gasteiger partial charge < -0.3 is 14.2 Å². The molecule has 0 aromatic rings. The first-order valence-electron chi connectivity index (χ1n) is 13.0. The monoisotopic (exact) mass is 486 g/mol. The fraction of sp³-hybridized carbons (Fsp3) is 0.920. The molecule has 2 heterocycles. The Morgan fingerprint density at radius 3 is 1.82 bits per heavy atom. The predicted molar refractivity (Wildman–Crippen MR) is 128 cm³/mol. The molecule has 1 unspecified atom stereocenters.